The third kappa shape index (κ3) is 1.92. The molecule has 1 heterocycles. The van der Waals surface area contributed by atoms with Crippen molar-refractivity contribution in [1.82, 2.24) is 0 Å². The highest BCUT2D eigenvalue weighted by Gasteiger charge is 2.70. The van der Waals surface area contributed by atoms with Gasteiger partial charge in [-0.1, -0.05) is 68.4 Å². The van der Waals surface area contributed by atoms with Gasteiger partial charge in [-0.05, 0) is 21.0 Å². The Morgan fingerprint density at radius 1 is 0.733 bits per heavy atom. The van der Waals surface area contributed by atoms with Crippen LogP contribution in [-0.2, 0) is 0 Å². The fourth-order valence-electron chi connectivity index (χ4n) is 4.09. The first-order chi connectivity index (χ1) is 6.34. The van der Waals surface area contributed by atoms with Gasteiger partial charge in [0.15, 0.2) is 0 Å². The van der Waals surface area contributed by atoms with Gasteiger partial charge in [0.1, 0.15) is 0 Å². The molecule has 1 heteroatoms. The van der Waals surface area contributed by atoms with Crippen LogP contribution in [0.2, 0.25) is 21.7 Å². The van der Waals surface area contributed by atoms with Gasteiger partial charge >= 0.3 is 0 Å². The SMILES string of the molecule is CC(C)(C)C1C[Si]1(C(C)(C)C)C(C)(C)C. The van der Waals surface area contributed by atoms with Crippen molar-refractivity contribution in [3.05, 3.63) is 0 Å². The van der Waals surface area contributed by atoms with Crippen molar-refractivity contribution in [2.24, 2.45) is 5.41 Å². The smallest absolute Gasteiger partial charge is 0.0625 e. The van der Waals surface area contributed by atoms with E-state index in [1.807, 2.05) is 0 Å². The fourth-order valence-corrected chi connectivity index (χ4v) is 12.9. The summed E-state index contributed by atoms with van der Waals surface area (Å²) in [7, 11) is -1.12. The summed E-state index contributed by atoms with van der Waals surface area (Å²) in [5.74, 6) is 0. The second-order valence-electron chi connectivity index (χ2n) is 8.59. The molecule has 1 aliphatic rings. The number of rotatable bonds is 0. The summed E-state index contributed by atoms with van der Waals surface area (Å²) in [6, 6.07) is 1.55. The Morgan fingerprint density at radius 2 is 1.07 bits per heavy atom. The Hall–Kier alpha value is 0.217. The first-order valence-corrected chi connectivity index (χ1v) is 8.62. The molecule has 15 heavy (non-hydrogen) atoms. The van der Waals surface area contributed by atoms with E-state index in [4.69, 9.17) is 0 Å². The van der Waals surface area contributed by atoms with E-state index in [9.17, 15) is 0 Å². The molecule has 1 unspecified atom stereocenters. The van der Waals surface area contributed by atoms with Gasteiger partial charge in [0.05, 0.1) is 8.07 Å². The second-order valence-corrected chi connectivity index (χ2v) is 14.6. The normalized spacial score (nSPS) is 26.6. The van der Waals surface area contributed by atoms with Crippen LogP contribution in [0, 0.1) is 5.41 Å². The van der Waals surface area contributed by atoms with E-state index in [0.29, 0.717) is 15.5 Å². The van der Waals surface area contributed by atoms with Gasteiger partial charge in [-0.3, -0.25) is 0 Å². The molecule has 0 amide bonds. The van der Waals surface area contributed by atoms with Crippen molar-refractivity contribution in [3.63, 3.8) is 0 Å². The molecule has 0 spiro atoms. The maximum Gasteiger partial charge on any atom is 0.0677 e. The van der Waals surface area contributed by atoms with Crippen LogP contribution in [-0.4, -0.2) is 8.07 Å². The summed E-state index contributed by atoms with van der Waals surface area (Å²) in [6.45, 7) is 22.2. The van der Waals surface area contributed by atoms with Crippen molar-refractivity contribution < 1.29 is 0 Å². The lowest BCUT2D eigenvalue weighted by molar-refractivity contribution is 0.415. The molecule has 0 aliphatic carbocycles. The molecule has 90 valence electrons. The summed E-state index contributed by atoms with van der Waals surface area (Å²) in [5, 5.41) is 1.12. The number of hydrogen-bond donors (Lipinski definition) is 0. The maximum atomic E-state index is 2.48. The molecule has 1 fully saturated rings. The summed E-state index contributed by atoms with van der Waals surface area (Å²) in [6.07, 6.45) is 0. The van der Waals surface area contributed by atoms with Crippen LogP contribution >= 0.6 is 0 Å². The topological polar surface area (TPSA) is 0 Å². The van der Waals surface area contributed by atoms with Gasteiger partial charge in [0.2, 0.25) is 0 Å². The number of hydrogen-bond acceptors (Lipinski definition) is 0. The Balaban J connectivity index is 3.08. The lowest BCUT2D eigenvalue weighted by Crippen LogP contribution is -2.41. The van der Waals surface area contributed by atoms with Crippen LogP contribution in [0.25, 0.3) is 0 Å². The molecule has 1 atom stereocenters. The molecule has 0 aromatic carbocycles. The highest BCUT2D eigenvalue weighted by molar-refractivity contribution is 6.95. The summed E-state index contributed by atoms with van der Waals surface area (Å²) >= 11 is 0. The first-order valence-electron chi connectivity index (χ1n) is 6.34. The quantitative estimate of drug-likeness (QED) is 0.481. The van der Waals surface area contributed by atoms with Crippen molar-refractivity contribution in [1.29, 1.82) is 0 Å². The average molecular weight is 226 g/mol. The molecule has 0 radical (unpaired) electrons. The molecule has 1 rings (SSSR count). The second kappa shape index (κ2) is 3.12. The lowest BCUT2D eigenvalue weighted by atomic mass is 9.93. The zero-order valence-corrected chi connectivity index (χ0v) is 13.3. The van der Waals surface area contributed by atoms with E-state index < -0.39 is 8.07 Å². The van der Waals surface area contributed by atoms with Gasteiger partial charge in [0, 0.05) is 0 Å². The Labute approximate surface area is 97.9 Å². The van der Waals surface area contributed by atoms with Gasteiger partial charge in [-0.2, -0.15) is 0 Å². The minimum atomic E-state index is -1.12. The predicted molar refractivity (Wildman–Crippen MR) is 73.2 cm³/mol. The molecule has 0 bridgehead atoms. The third-order valence-electron chi connectivity index (χ3n) is 4.68. The molecule has 1 aliphatic heterocycles. The summed E-state index contributed by atoms with van der Waals surface area (Å²) in [4.78, 5) is 0. The highest BCUT2D eigenvalue weighted by Crippen LogP contribution is 2.76. The standard InChI is InChI=1S/C14H30Si/c1-12(2,3)11-10-15(11,13(4,5)6)14(7,8)9/h11H,10H2,1-9H3. The molecule has 1 saturated heterocycles. The maximum absolute atomic E-state index is 2.48. The third-order valence-corrected chi connectivity index (χ3v) is 12.8. The van der Waals surface area contributed by atoms with Gasteiger partial charge in [-0.25, -0.2) is 0 Å². The molecular weight excluding hydrogens is 196 g/mol. The molecule has 0 aromatic heterocycles. The van der Waals surface area contributed by atoms with Crippen LogP contribution in [0.4, 0.5) is 0 Å². The Kier molecular flexibility index (Phi) is 2.76. The van der Waals surface area contributed by atoms with Crippen molar-refractivity contribution in [3.8, 4) is 0 Å². The van der Waals surface area contributed by atoms with E-state index >= 15 is 0 Å². The molecule has 0 N–H and O–H groups in total. The van der Waals surface area contributed by atoms with E-state index in [2.05, 4.69) is 62.3 Å². The minimum Gasteiger partial charge on any atom is -0.0625 e. The summed E-state index contributed by atoms with van der Waals surface area (Å²) < 4.78 is 0. The predicted octanol–water partition coefficient (Wildman–Crippen LogP) is 5.47. The Bertz CT molecular complexity index is 230. The zero-order chi connectivity index (χ0) is 12.3. The van der Waals surface area contributed by atoms with E-state index in [1.54, 1.807) is 6.04 Å². The monoisotopic (exact) mass is 226 g/mol. The molecule has 0 saturated carbocycles. The zero-order valence-electron chi connectivity index (χ0n) is 12.3. The van der Waals surface area contributed by atoms with Crippen LogP contribution in [0.15, 0.2) is 0 Å². The van der Waals surface area contributed by atoms with E-state index in [-0.39, 0.29) is 0 Å². The van der Waals surface area contributed by atoms with Crippen LogP contribution in [0.1, 0.15) is 62.3 Å². The largest absolute Gasteiger partial charge is 0.0677 e. The van der Waals surface area contributed by atoms with Gasteiger partial charge in [-0.15, -0.1) is 0 Å². The molecule has 0 nitrogen and oxygen atoms in total. The van der Waals surface area contributed by atoms with Crippen LogP contribution in [0.3, 0.4) is 0 Å². The van der Waals surface area contributed by atoms with Gasteiger partial charge < -0.3 is 0 Å². The lowest BCUT2D eigenvalue weighted by Gasteiger charge is -2.43. The van der Waals surface area contributed by atoms with E-state index in [0.717, 1.165) is 5.54 Å². The van der Waals surface area contributed by atoms with Crippen molar-refractivity contribution in [2.75, 3.05) is 0 Å². The van der Waals surface area contributed by atoms with Crippen molar-refractivity contribution in [2.45, 2.75) is 84.0 Å². The van der Waals surface area contributed by atoms with Crippen molar-refractivity contribution >= 4 is 8.07 Å². The molecular formula is C14H30Si. The Morgan fingerprint density at radius 3 is 1.13 bits per heavy atom. The first kappa shape index (κ1) is 13.3. The summed E-state index contributed by atoms with van der Waals surface area (Å²) in [5.41, 5.74) is 1.54. The minimum absolute atomic E-state index is 0.521. The van der Waals surface area contributed by atoms with E-state index in [1.165, 1.54) is 0 Å². The fraction of sp³-hybridized carbons (Fsp3) is 1.00. The highest BCUT2D eigenvalue weighted by atomic mass is 28.3. The van der Waals surface area contributed by atoms with Gasteiger partial charge in [0.25, 0.3) is 0 Å². The van der Waals surface area contributed by atoms with Crippen LogP contribution in [0.5, 0.6) is 0 Å². The molecule has 0 aromatic rings. The van der Waals surface area contributed by atoms with Crippen LogP contribution < -0.4 is 0 Å². The average Bonchev–Trinajstić information content (AvgIpc) is 2.51.